The highest BCUT2D eigenvalue weighted by molar-refractivity contribution is 6.42. The van der Waals surface area contributed by atoms with Crippen LogP contribution < -0.4 is 5.32 Å². The van der Waals surface area contributed by atoms with Gasteiger partial charge in [-0.15, -0.1) is 0 Å². The van der Waals surface area contributed by atoms with E-state index < -0.39 is 17.7 Å². The van der Waals surface area contributed by atoms with Crippen molar-refractivity contribution in [1.82, 2.24) is 10.3 Å². The van der Waals surface area contributed by atoms with Crippen LogP contribution in [-0.2, 0) is 17.0 Å². The number of aliphatic hydroxyl groups excluding tert-OH is 1. The predicted molar refractivity (Wildman–Crippen MR) is 89.5 cm³/mol. The predicted octanol–water partition coefficient (Wildman–Crippen LogP) is 3.70. The summed E-state index contributed by atoms with van der Waals surface area (Å²) in [7, 11) is 0. The molecule has 0 spiro atoms. The van der Waals surface area contributed by atoms with Gasteiger partial charge in [0, 0.05) is 18.3 Å². The number of amides is 1. The molecular formula is C17H15Cl2FN2O2. The topological polar surface area (TPSA) is 62.2 Å². The van der Waals surface area contributed by atoms with Crippen LogP contribution in [0.2, 0.25) is 10.0 Å². The smallest absolute Gasteiger partial charge is 0.262 e. The average molecular weight is 369 g/mol. The van der Waals surface area contributed by atoms with Crippen LogP contribution in [0.5, 0.6) is 0 Å². The number of benzene rings is 1. The first-order chi connectivity index (χ1) is 11.4. The summed E-state index contributed by atoms with van der Waals surface area (Å²) in [6.07, 6.45) is 0.662. The summed E-state index contributed by atoms with van der Waals surface area (Å²) >= 11 is 11.8. The quantitative estimate of drug-likeness (QED) is 0.868. The largest absolute Gasteiger partial charge is 0.387 e. The molecule has 0 fully saturated rings. The van der Waals surface area contributed by atoms with Crippen molar-refractivity contribution < 1.29 is 14.3 Å². The molecule has 0 unspecified atom stereocenters. The van der Waals surface area contributed by atoms with Crippen LogP contribution in [0.4, 0.5) is 4.39 Å². The number of pyridine rings is 1. The van der Waals surface area contributed by atoms with E-state index >= 15 is 4.39 Å². The van der Waals surface area contributed by atoms with Crippen molar-refractivity contribution >= 4 is 29.1 Å². The minimum Gasteiger partial charge on any atom is -0.387 e. The highest BCUT2D eigenvalue weighted by atomic mass is 35.5. The van der Waals surface area contributed by atoms with Crippen molar-refractivity contribution in [2.75, 3.05) is 0 Å². The van der Waals surface area contributed by atoms with Gasteiger partial charge in [-0.05, 0) is 36.6 Å². The molecule has 126 valence electrons. The average Bonchev–Trinajstić information content (AvgIpc) is 2.59. The van der Waals surface area contributed by atoms with E-state index in [4.69, 9.17) is 23.2 Å². The second-order valence-electron chi connectivity index (χ2n) is 5.72. The Balaban J connectivity index is 1.79. The van der Waals surface area contributed by atoms with E-state index in [-0.39, 0.29) is 30.6 Å². The van der Waals surface area contributed by atoms with Crippen molar-refractivity contribution in [3.8, 4) is 0 Å². The number of aliphatic hydroxyl groups is 1. The number of nitrogens with one attached hydrogen (secondary N) is 1. The number of hydrogen-bond donors (Lipinski definition) is 2. The summed E-state index contributed by atoms with van der Waals surface area (Å²) in [5, 5.41) is 13.3. The minimum absolute atomic E-state index is 0.0972. The number of halogens is 3. The maximum Gasteiger partial charge on any atom is 0.262 e. The van der Waals surface area contributed by atoms with Gasteiger partial charge in [-0.3, -0.25) is 9.78 Å². The zero-order valence-corrected chi connectivity index (χ0v) is 14.1. The fourth-order valence-corrected chi connectivity index (χ4v) is 3.15. The fraction of sp³-hybridized carbons (Fsp3) is 0.294. The van der Waals surface area contributed by atoms with E-state index in [1.807, 2.05) is 0 Å². The third-order valence-electron chi connectivity index (χ3n) is 4.14. The van der Waals surface area contributed by atoms with E-state index in [1.165, 1.54) is 12.3 Å². The standard InChI is InChI=1S/C17H15Cl2FN2O2/c18-12-4-3-10(8-13(12)19)9-22-16(24)17(20)6-5-14(23)15-11(17)2-1-7-21-15/h1-4,7-8,14,23H,5-6,9H2,(H,22,24)/t14-,17-/m0/s1. The van der Waals surface area contributed by atoms with Crippen molar-refractivity contribution in [3.05, 3.63) is 63.4 Å². The summed E-state index contributed by atoms with van der Waals surface area (Å²) in [5.41, 5.74) is -1.16. The van der Waals surface area contributed by atoms with E-state index in [0.717, 1.165) is 0 Å². The molecule has 4 nitrogen and oxygen atoms in total. The zero-order valence-electron chi connectivity index (χ0n) is 12.6. The van der Waals surface area contributed by atoms with E-state index in [0.29, 0.717) is 15.6 Å². The fourth-order valence-electron chi connectivity index (χ4n) is 2.83. The number of carbonyl (C=O) groups excluding carboxylic acids is 1. The van der Waals surface area contributed by atoms with Gasteiger partial charge in [-0.1, -0.05) is 35.3 Å². The first-order valence-corrected chi connectivity index (χ1v) is 8.22. The number of hydrogen-bond acceptors (Lipinski definition) is 3. The van der Waals surface area contributed by atoms with Gasteiger partial charge in [0.05, 0.1) is 21.8 Å². The molecule has 2 aromatic rings. The number of alkyl halides is 1. The lowest BCUT2D eigenvalue weighted by Gasteiger charge is -2.32. The Morgan fingerprint density at radius 2 is 2.17 bits per heavy atom. The molecule has 0 saturated heterocycles. The molecule has 24 heavy (non-hydrogen) atoms. The van der Waals surface area contributed by atoms with E-state index in [2.05, 4.69) is 10.3 Å². The molecule has 0 radical (unpaired) electrons. The van der Waals surface area contributed by atoms with Gasteiger partial charge in [-0.25, -0.2) is 4.39 Å². The van der Waals surface area contributed by atoms with Crippen LogP contribution in [0, 0.1) is 0 Å². The molecule has 1 aromatic heterocycles. The molecular weight excluding hydrogens is 354 g/mol. The number of carbonyl (C=O) groups is 1. The van der Waals surface area contributed by atoms with Gasteiger partial charge in [0.15, 0.2) is 0 Å². The van der Waals surface area contributed by atoms with Crippen LogP contribution >= 0.6 is 23.2 Å². The molecule has 1 amide bonds. The lowest BCUT2D eigenvalue weighted by molar-refractivity contribution is -0.135. The van der Waals surface area contributed by atoms with Crippen molar-refractivity contribution in [2.24, 2.45) is 0 Å². The molecule has 1 aromatic carbocycles. The molecule has 0 saturated carbocycles. The van der Waals surface area contributed by atoms with Gasteiger partial charge in [0.1, 0.15) is 0 Å². The lowest BCUT2D eigenvalue weighted by Crippen LogP contribution is -2.44. The van der Waals surface area contributed by atoms with Gasteiger partial charge in [-0.2, -0.15) is 0 Å². The lowest BCUT2D eigenvalue weighted by atomic mass is 9.81. The first kappa shape index (κ1) is 17.1. The molecule has 2 atom stereocenters. The first-order valence-electron chi connectivity index (χ1n) is 7.46. The van der Waals surface area contributed by atoms with Crippen molar-refractivity contribution in [3.63, 3.8) is 0 Å². The highest BCUT2D eigenvalue weighted by Gasteiger charge is 2.46. The minimum atomic E-state index is -2.21. The third kappa shape index (κ3) is 3.11. The summed E-state index contributed by atoms with van der Waals surface area (Å²) in [4.78, 5) is 16.5. The van der Waals surface area contributed by atoms with Crippen LogP contribution in [-0.4, -0.2) is 16.0 Å². The summed E-state index contributed by atoms with van der Waals surface area (Å²) < 4.78 is 15.4. The Morgan fingerprint density at radius 1 is 1.38 bits per heavy atom. The Bertz CT molecular complexity index is 787. The molecule has 3 rings (SSSR count). The maximum absolute atomic E-state index is 15.4. The van der Waals surface area contributed by atoms with Gasteiger partial charge in [0.2, 0.25) is 5.67 Å². The Hall–Kier alpha value is -1.69. The van der Waals surface area contributed by atoms with Crippen molar-refractivity contribution in [1.29, 1.82) is 0 Å². The molecule has 1 aliphatic rings. The second-order valence-corrected chi connectivity index (χ2v) is 6.54. The van der Waals surface area contributed by atoms with E-state index in [1.54, 1.807) is 24.3 Å². The molecule has 0 aliphatic heterocycles. The van der Waals surface area contributed by atoms with Gasteiger partial charge >= 0.3 is 0 Å². The Labute approximate surface area is 148 Å². The number of aromatic nitrogens is 1. The van der Waals surface area contributed by atoms with Crippen LogP contribution in [0.3, 0.4) is 0 Å². The normalized spacial score (nSPS) is 22.8. The van der Waals surface area contributed by atoms with Gasteiger partial charge < -0.3 is 10.4 Å². The van der Waals surface area contributed by atoms with Crippen LogP contribution in [0.15, 0.2) is 36.5 Å². The molecule has 1 heterocycles. The number of fused-ring (bicyclic) bond motifs is 1. The Kier molecular flexibility index (Phi) is 4.76. The number of nitrogens with zero attached hydrogens (tertiary/aromatic N) is 1. The zero-order chi connectivity index (χ0) is 17.3. The third-order valence-corrected chi connectivity index (χ3v) is 4.88. The SMILES string of the molecule is O=C(NCc1ccc(Cl)c(Cl)c1)[C@]1(F)CC[C@H](O)c2ncccc21. The summed E-state index contributed by atoms with van der Waals surface area (Å²) in [5.74, 6) is -0.755. The van der Waals surface area contributed by atoms with Crippen molar-refractivity contribution in [2.45, 2.75) is 31.2 Å². The van der Waals surface area contributed by atoms with Gasteiger partial charge in [0.25, 0.3) is 5.91 Å². The van der Waals surface area contributed by atoms with Crippen LogP contribution in [0.25, 0.3) is 0 Å². The summed E-state index contributed by atoms with van der Waals surface area (Å²) in [6, 6.07) is 7.99. The number of rotatable bonds is 3. The van der Waals surface area contributed by atoms with E-state index in [9.17, 15) is 9.90 Å². The molecule has 2 N–H and O–H groups in total. The second kappa shape index (κ2) is 6.67. The summed E-state index contributed by atoms with van der Waals surface area (Å²) in [6.45, 7) is 0.125. The monoisotopic (exact) mass is 368 g/mol. The Morgan fingerprint density at radius 3 is 2.92 bits per heavy atom. The maximum atomic E-state index is 15.4. The molecule has 7 heteroatoms. The molecule has 1 aliphatic carbocycles. The molecule has 0 bridgehead atoms. The highest BCUT2D eigenvalue weighted by Crippen LogP contribution is 2.42. The van der Waals surface area contributed by atoms with Crippen LogP contribution in [0.1, 0.15) is 35.8 Å².